The van der Waals surface area contributed by atoms with Gasteiger partial charge in [-0.2, -0.15) is 0 Å². The van der Waals surface area contributed by atoms with Gasteiger partial charge in [0.15, 0.2) is 0 Å². The third kappa shape index (κ3) is 3.82. The lowest BCUT2D eigenvalue weighted by atomic mass is 10.0. The van der Waals surface area contributed by atoms with E-state index in [1.807, 2.05) is 4.90 Å². The molecule has 2 unspecified atom stereocenters. The van der Waals surface area contributed by atoms with Crippen molar-refractivity contribution in [1.82, 2.24) is 10.2 Å². The van der Waals surface area contributed by atoms with Crippen LogP contribution in [-0.4, -0.2) is 36.5 Å². The van der Waals surface area contributed by atoms with Crippen molar-refractivity contribution in [3.8, 4) is 0 Å². The Labute approximate surface area is 93.2 Å². The molecule has 2 atom stereocenters. The minimum Gasteiger partial charge on any atom is -0.342 e. The molecule has 0 aromatic carbocycles. The number of hydrogen-bond acceptors (Lipinski definition) is 2. The Hall–Kier alpha value is -0.570. The first kappa shape index (κ1) is 12.5. The molecule has 0 radical (unpaired) electrons. The summed E-state index contributed by atoms with van der Waals surface area (Å²) in [6, 6.07) is 0.467. The first-order chi connectivity index (χ1) is 7.00. The summed E-state index contributed by atoms with van der Waals surface area (Å²) in [6.07, 6.45) is 0.637. The van der Waals surface area contributed by atoms with E-state index in [4.69, 9.17) is 0 Å². The summed E-state index contributed by atoms with van der Waals surface area (Å²) >= 11 is 0. The van der Waals surface area contributed by atoms with Crippen LogP contribution in [0.25, 0.3) is 0 Å². The van der Waals surface area contributed by atoms with E-state index < -0.39 is 0 Å². The number of amides is 1. The molecule has 0 aromatic heterocycles. The van der Waals surface area contributed by atoms with Gasteiger partial charge in [-0.25, -0.2) is 0 Å². The molecule has 1 N–H and O–H groups in total. The minimum absolute atomic E-state index is 0.305. The smallest absolute Gasteiger partial charge is 0.223 e. The third-order valence-electron chi connectivity index (χ3n) is 3.23. The minimum atomic E-state index is 0.305. The maximum atomic E-state index is 11.8. The molecule has 1 rings (SSSR count). The van der Waals surface area contributed by atoms with Crippen molar-refractivity contribution in [3.63, 3.8) is 0 Å². The molecule has 3 heteroatoms. The van der Waals surface area contributed by atoms with Gasteiger partial charge in [-0.1, -0.05) is 27.7 Å². The molecule has 3 nitrogen and oxygen atoms in total. The van der Waals surface area contributed by atoms with Crippen molar-refractivity contribution in [1.29, 1.82) is 0 Å². The molecular weight excluding hydrogens is 188 g/mol. The van der Waals surface area contributed by atoms with Crippen LogP contribution in [0, 0.1) is 11.8 Å². The van der Waals surface area contributed by atoms with E-state index in [1.54, 1.807) is 0 Å². The van der Waals surface area contributed by atoms with Gasteiger partial charge in [0.25, 0.3) is 0 Å². The average molecular weight is 212 g/mol. The molecule has 0 spiro atoms. The van der Waals surface area contributed by atoms with E-state index in [9.17, 15) is 4.79 Å². The molecule has 0 aromatic rings. The van der Waals surface area contributed by atoms with Gasteiger partial charge < -0.3 is 10.2 Å². The number of nitrogens with zero attached hydrogens (tertiary/aromatic N) is 1. The standard InChI is InChI=1S/C12H24N2O/c1-9(2)13-6-5-12(15)14-7-10(3)11(4)8-14/h9-11,13H,5-8H2,1-4H3. The van der Waals surface area contributed by atoms with Crippen LogP contribution in [0.4, 0.5) is 0 Å². The number of carbonyl (C=O) groups excluding carboxylic acids is 1. The van der Waals surface area contributed by atoms with Crippen LogP contribution in [0.3, 0.4) is 0 Å². The van der Waals surface area contributed by atoms with Crippen molar-refractivity contribution < 1.29 is 4.79 Å². The molecule has 15 heavy (non-hydrogen) atoms. The fourth-order valence-corrected chi connectivity index (χ4v) is 1.96. The zero-order valence-electron chi connectivity index (χ0n) is 10.4. The maximum Gasteiger partial charge on any atom is 0.223 e. The lowest BCUT2D eigenvalue weighted by molar-refractivity contribution is -0.130. The van der Waals surface area contributed by atoms with Crippen LogP contribution < -0.4 is 5.32 Å². The van der Waals surface area contributed by atoms with Gasteiger partial charge in [0.05, 0.1) is 0 Å². The fraction of sp³-hybridized carbons (Fsp3) is 0.917. The first-order valence-corrected chi connectivity index (χ1v) is 6.02. The van der Waals surface area contributed by atoms with E-state index in [1.165, 1.54) is 0 Å². The second-order valence-corrected chi connectivity index (χ2v) is 5.11. The Balaban J connectivity index is 2.23. The lowest BCUT2D eigenvalue weighted by Crippen LogP contribution is -2.33. The van der Waals surface area contributed by atoms with Crippen molar-refractivity contribution >= 4 is 5.91 Å². The number of nitrogens with one attached hydrogen (secondary N) is 1. The first-order valence-electron chi connectivity index (χ1n) is 6.02. The fourth-order valence-electron chi connectivity index (χ4n) is 1.96. The van der Waals surface area contributed by atoms with Gasteiger partial charge in [-0.15, -0.1) is 0 Å². The van der Waals surface area contributed by atoms with Gasteiger partial charge in [0, 0.05) is 32.1 Å². The summed E-state index contributed by atoms with van der Waals surface area (Å²) < 4.78 is 0. The predicted molar refractivity (Wildman–Crippen MR) is 62.7 cm³/mol. The number of hydrogen-bond donors (Lipinski definition) is 1. The molecule has 1 aliphatic rings. The molecule has 1 amide bonds. The van der Waals surface area contributed by atoms with Crippen LogP contribution >= 0.6 is 0 Å². The van der Waals surface area contributed by atoms with Gasteiger partial charge in [0.1, 0.15) is 0 Å². The van der Waals surface area contributed by atoms with Crippen LogP contribution in [0.1, 0.15) is 34.1 Å². The van der Waals surface area contributed by atoms with Crippen molar-refractivity contribution in [2.45, 2.75) is 40.2 Å². The van der Waals surface area contributed by atoms with Gasteiger partial charge >= 0.3 is 0 Å². The second-order valence-electron chi connectivity index (χ2n) is 5.11. The van der Waals surface area contributed by atoms with Crippen molar-refractivity contribution in [2.75, 3.05) is 19.6 Å². The van der Waals surface area contributed by atoms with Crippen LogP contribution in [-0.2, 0) is 4.79 Å². The molecule has 0 saturated carbocycles. The third-order valence-corrected chi connectivity index (χ3v) is 3.23. The summed E-state index contributed by atoms with van der Waals surface area (Å²) in [4.78, 5) is 13.8. The van der Waals surface area contributed by atoms with Crippen LogP contribution in [0.5, 0.6) is 0 Å². The zero-order chi connectivity index (χ0) is 11.4. The summed E-state index contributed by atoms with van der Waals surface area (Å²) in [5.41, 5.74) is 0. The number of carbonyl (C=O) groups is 1. The Morgan fingerprint density at radius 3 is 2.33 bits per heavy atom. The van der Waals surface area contributed by atoms with E-state index in [0.717, 1.165) is 19.6 Å². The van der Waals surface area contributed by atoms with Crippen molar-refractivity contribution in [2.24, 2.45) is 11.8 Å². The SMILES string of the molecule is CC(C)NCCC(=O)N1CC(C)C(C)C1. The molecule has 0 aliphatic carbocycles. The Morgan fingerprint density at radius 1 is 1.33 bits per heavy atom. The highest BCUT2D eigenvalue weighted by Gasteiger charge is 2.28. The molecule has 1 heterocycles. The summed E-state index contributed by atoms with van der Waals surface area (Å²) in [5.74, 6) is 1.62. The van der Waals surface area contributed by atoms with Crippen LogP contribution in [0.2, 0.25) is 0 Å². The van der Waals surface area contributed by atoms with Gasteiger partial charge in [-0.05, 0) is 11.8 Å². The van der Waals surface area contributed by atoms with E-state index in [-0.39, 0.29) is 0 Å². The lowest BCUT2D eigenvalue weighted by Gasteiger charge is -2.16. The summed E-state index contributed by atoms with van der Waals surface area (Å²) in [5, 5.41) is 3.27. The Bertz CT molecular complexity index is 206. The number of rotatable bonds is 4. The Kier molecular flexibility index (Phi) is 4.58. The molecule has 1 saturated heterocycles. The normalized spacial score (nSPS) is 26.3. The van der Waals surface area contributed by atoms with Crippen molar-refractivity contribution in [3.05, 3.63) is 0 Å². The number of likely N-dealkylation sites (tertiary alicyclic amines) is 1. The van der Waals surface area contributed by atoms with Crippen LogP contribution in [0.15, 0.2) is 0 Å². The highest BCUT2D eigenvalue weighted by Crippen LogP contribution is 2.22. The van der Waals surface area contributed by atoms with E-state index >= 15 is 0 Å². The molecule has 88 valence electrons. The molecule has 1 fully saturated rings. The average Bonchev–Trinajstić information content (AvgIpc) is 2.46. The van der Waals surface area contributed by atoms with E-state index in [0.29, 0.717) is 30.2 Å². The predicted octanol–water partition coefficient (Wildman–Crippen LogP) is 1.49. The molecule has 1 aliphatic heterocycles. The van der Waals surface area contributed by atoms with Gasteiger partial charge in [-0.3, -0.25) is 4.79 Å². The second kappa shape index (κ2) is 5.50. The largest absolute Gasteiger partial charge is 0.342 e. The molecular formula is C12H24N2O. The quantitative estimate of drug-likeness (QED) is 0.765. The molecule has 0 bridgehead atoms. The Morgan fingerprint density at radius 2 is 1.87 bits per heavy atom. The van der Waals surface area contributed by atoms with Gasteiger partial charge in [0.2, 0.25) is 5.91 Å². The highest BCUT2D eigenvalue weighted by molar-refractivity contribution is 5.76. The maximum absolute atomic E-state index is 11.8. The highest BCUT2D eigenvalue weighted by atomic mass is 16.2. The summed E-state index contributed by atoms with van der Waals surface area (Å²) in [7, 11) is 0. The van der Waals surface area contributed by atoms with E-state index in [2.05, 4.69) is 33.0 Å². The monoisotopic (exact) mass is 212 g/mol. The topological polar surface area (TPSA) is 32.3 Å². The summed E-state index contributed by atoms with van der Waals surface area (Å²) in [6.45, 7) is 11.3. The zero-order valence-corrected chi connectivity index (χ0v) is 10.4.